The van der Waals surface area contributed by atoms with Crippen LogP contribution in [0.25, 0.3) is 0 Å². The maximum atomic E-state index is 3.68. The molecule has 2 aromatic rings. The lowest BCUT2D eigenvalue weighted by molar-refractivity contribution is 0.529. The second kappa shape index (κ2) is 8.23. The molecule has 0 fully saturated rings. The van der Waals surface area contributed by atoms with Crippen LogP contribution in [0.5, 0.6) is 0 Å². The molecule has 20 heavy (non-hydrogen) atoms. The fourth-order valence-corrected chi connectivity index (χ4v) is 3.16. The van der Waals surface area contributed by atoms with Crippen LogP contribution < -0.4 is 5.32 Å². The lowest BCUT2D eigenvalue weighted by Gasteiger charge is -2.19. The molecule has 108 valence electrons. The van der Waals surface area contributed by atoms with Crippen LogP contribution in [-0.2, 0) is 12.8 Å². The molecule has 0 aliphatic rings. The van der Waals surface area contributed by atoms with Gasteiger partial charge in [-0.2, -0.15) is 11.3 Å². The van der Waals surface area contributed by atoms with E-state index >= 15 is 0 Å². The first-order chi connectivity index (χ1) is 9.83. The van der Waals surface area contributed by atoms with Crippen LogP contribution in [-0.4, -0.2) is 6.54 Å². The fraction of sp³-hybridized carbons (Fsp3) is 0.444. The zero-order valence-corrected chi connectivity index (χ0v) is 13.4. The summed E-state index contributed by atoms with van der Waals surface area (Å²) in [5.41, 5.74) is 4.28. The number of rotatable bonds is 8. The van der Waals surface area contributed by atoms with Gasteiger partial charge in [-0.1, -0.05) is 44.5 Å². The van der Waals surface area contributed by atoms with Gasteiger partial charge in [-0.05, 0) is 59.3 Å². The predicted octanol–water partition coefficient (Wildman–Crippen LogP) is 4.98. The van der Waals surface area contributed by atoms with Gasteiger partial charge in [0, 0.05) is 6.04 Å². The van der Waals surface area contributed by atoms with Gasteiger partial charge in [-0.3, -0.25) is 0 Å². The Kier molecular flexibility index (Phi) is 6.28. The molecule has 1 unspecified atom stereocenters. The summed E-state index contributed by atoms with van der Waals surface area (Å²) in [7, 11) is 0. The maximum absolute atomic E-state index is 3.68. The zero-order chi connectivity index (χ0) is 14.2. The summed E-state index contributed by atoms with van der Waals surface area (Å²) in [6.45, 7) is 5.53. The Morgan fingerprint density at radius 1 is 1.00 bits per heavy atom. The smallest absolute Gasteiger partial charge is 0.0361 e. The van der Waals surface area contributed by atoms with E-state index in [1.807, 2.05) is 0 Å². The molecular formula is C18H25NS. The summed E-state index contributed by atoms with van der Waals surface area (Å²) < 4.78 is 0. The van der Waals surface area contributed by atoms with E-state index in [-0.39, 0.29) is 0 Å². The van der Waals surface area contributed by atoms with E-state index in [1.54, 1.807) is 11.3 Å². The van der Waals surface area contributed by atoms with Crippen molar-refractivity contribution in [3.8, 4) is 0 Å². The molecule has 0 bridgehead atoms. The van der Waals surface area contributed by atoms with Crippen LogP contribution in [0.3, 0.4) is 0 Å². The normalized spacial score (nSPS) is 12.5. The number of hydrogen-bond acceptors (Lipinski definition) is 2. The predicted molar refractivity (Wildman–Crippen MR) is 89.5 cm³/mol. The van der Waals surface area contributed by atoms with Gasteiger partial charge in [-0.15, -0.1) is 0 Å². The van der Waals surface area contributed by atoms with Crippen LogP contribution in [0.2, 0.25) is 0 Å². The van der Waals surface area contributed by atoms with Crippen molar-refractivity contribution >= 4 is 11.3 Å². The molecule has 0 amide bonds. The van der Waals surface area contributed by atoms with E-state index in [0.717, 1.165) is 13.0 Å². The highest BCUT2D eigenvalue weighted by Crippen LogP contribution is 2.21. The van der Waals surface area contributed by atoms with E-state index in [9.17, 15) is 0 Å². The van der Waals surface area contributed by atoms with Gasteiger partial charge in [0.15, 0.2) is 0 Å². The lowest BCUT2D eigenvalue weighted by Crippen LogP contribution is -2.24. The van der Waals surface area contributed by atoms with E-state index in [1.165, 1.54) is 36.0 Å². The number of hydrogen-bond donors (Lipinski definition) is 1. The number of aryl methyl sites for hydroxylation is 1. The highest BCUT2D eigenvalue weighted by molar-refractivity contribution is 7.07. The summed E-state index contributed by atoms with van der Waals surface area (Å²) >= 11 is 1.78. The van der Waals surface area contributed by atoms with Crippen molar-refractivity contribution in [1.82, 2.24) is 5.32 Å². The molecule has 2 rings (SSSR count). The first kappa shape index (κ1) is 15.3. The average Bonchev–Trinajstić information content (AvgIpc) is 2.98. The van der Waals surface area contributed by atoms with Crippen LogP contribution in [0.15, 0.2) is 41.1 Å². The Morgan fingerprint density at radius 2 is 1.80 bits per heavy atom. The van der Waals surface area contributed by atoms with Crippen LogP contribution >= 0.6 is 11.3 Å². The van der Waals surface area contributed by atoms with Crippen molar-refractivity contribution < 1.29 is 0 Å². The van der Waals surface area contributed by atoms with E-state index in [2.05, 4.69) is 60.3 Å². The molecular weight excluding hydrogens is 262 g/mol. The van der Waals surface area contributed by atoms with Crippen molar-refractivity contribution in [3.05, 3.63) is 57.8 Å². The van der Waals surface area contributed by atoms with E-state index < -0.39 is 0 Å². The Labute approximate surface area is 127 Å². The van der Waals surface area contributed by atoms with Crippen molar-refractivity contribution in [2.24, 2.45) is 0 Å². The Bertz CT molecular complexity index is 473. The molecule has 0 aliphatic carbocycles. The SMILES string of the molecule is CCCNC(Cc1ccsc1)c1ccc(CCC)cc1. The standard InChI is InChI=1S/C18H25NS/c1-3-5-15-6-8-17(9-7-15)18(19-11-4-2)13-16-10-12-20-14-16/h6-10,12,14,18-19H,3-5,11,13H2,1-2H3. The average molecular weight is 287 g/mol. The first-order valence-corrected chi connectivity index (χ1v) is 8.61. The molecule has 0 radical (unpaired) electrons. The molecule has 1 aromatic heterocycles. The summed E-state index contributed by atoms with van der Waals surface area (Å²) in [6, 6.07) is 11.8. The minimum atomic E-state index is 0.431. The molecule has 1 nitrogen and oxygen atoms in total. The molecule has 0 aliphatic heterocycles. The fourth-order valence-electron chi connectivity index (χ4n) is 2.48. The zero-order valence-electron chi connectivity index (χ0n) is 12.6. The second-order valence-electron chi connectivity index (χ2n) is 5.33. The molecule has 1 aromatic carbocycles. The Balaban J connectivity index is 2.08. The maximum Gasteiger partial charge on any atom is 0.0361 e. The third kappa shape index (κ3) is 4.46. The van der Waals surface area contributed by atoms with Gasteiger partial charge in [0.25, 0.3) is 0 Å². The van der Waals surface area contributed by atoms with Gasteiger partial charge < -0.3 is 5.32 Å². The molecule has 0 saturated carbocycles. The summed E-state index contributed by atoms with van der Waals surface area (Å²) in [5, 5.41) is 8.10. The number of benzene rings is 1. The molecule has 1 N–H and O–H groups in total. The van der Waals surface area contributed by atoms with Crippen LogP contribution in [0.4, 0.5) is 0 Å². The highest BCUT2D eigenvalue weighted by atomic mass is 32.1. The van der Waals surface area contributed by atoms with Gasteiger partial charge in [0.05, 0.1) is 0 Å². The van der Waals surface area contributed by atoms with E-state index in [4.69, 9.17) is 0 Å². The minimum absolute atomic E-state index is 0.431. The van der Waals surface area contributed by atoms with E-state index in [0.29, 0.717) is 6.04 Å². The van der Waals surface area contributed by atoms with Crippen molar-refractivity contribution in [3.63, 3.8) is 0 Å². The quantitative estimate of drug-likeness (QED) is 0.721. The molecule has 0 saturated heterocycles. The van der Waals surface area contributed by atoms with Gasteiger partial charge in [0.2, 0.25) is 0 Å². The van der Waals surface area contributed by atoms with Crippen LogP contribution in [0, 0.1) is 0 Å². The van der Waals surface area contributed by atoms with Gasteiger partial charge in [0.1, 0.15) is 0 Å². The van der Waals surface area contributed by atoms with Crippen molar-refractivity contribution in [1.29, 1.82) is 0 Å². The van der Waals surface area contributed by atoms with Gasteiger partial charge in [-0.25, -0.2) is 0 Å². The Morgan fingerprint density at radius 3 is 2.40 bits per heavy atom. The van der Waals surface area contributed by atoms with Crippen LogP contribution in [0.1, 0.15) is 49.4 Å². The lowest BCUT2D eigenvalue weighted by atomic mass is 9.98. The highest BCUT2D eigenvalue weighted by Gasteiger charge is 2.11. The molecule has 1 heterocycles. The molecule has 0 spiro atoms. The molecule has 1 atom stereocenters. The number of thiophene rings is 1. The van der Waals surface area contributed by atoms with Gasteiger partial charge >= 0.3 is 0 Å². The monoisotopic (exact) mass is 287 g/mol. The third-order valence-corrected chi connectivity index (χ3v) is 4.31. The minimum Gasteiger partial charge on any atom is -0.310 e. The third-order valence-electron chi connectivity index (χ3n) is 3.58. The number of nitrogens with one attached hydrogen (secondary N) is 1. The van der Waals surface area contributed by atoms with Crippen molar-refractivity contribution in [2.75, 3.05) is 6.54 Å². The summed E-state index contributed by atoms with van der Waals surface area (Å²) in [4.78, 5) is 0. The molecule has 2 heteroatoms. The first-order valence-electron chi connectivity index (χ1n) is 7.66. The topological polar surface area (TPSA) is 12.0 Å². The second-order valence-corrected chi connectivity index (χ2v) is 6.11. The Hall–Kier alpha value is -1.12. The largest absolute Gasteiger partial charge is 0.310 e. The summed E-state index contributed by atoms with van der Waals surface area (Å²) in [5.74, 6) is 0. The van der Waals surface area contributed by atoms with Crippen molar-refractivity contribution in [2.45, 2.75) is 45.6 Å². The summed E-state index contributed by atoms with van der Waals surface area (Å²) in [6.07, 6.45) is 4.65.